The van der Waals surface area contributed by atoms with Crippen LogP contribution in [0.15, 0.2) is 24.3 Å². The van der Waals surface area contributed by atoms with Crippen molar-refractivity contribution in [3.63, 3.8) is 0 Å². The van der Waals surface area contributed by atoms with Crippen LogP contribution in [0.3, 0.4) is 0 Å². The Labute approximate surface area is 135 Å². The zero-order chi connectivity index (χ0) is 17.3. The molecule has 1 saturated heterocycles. The molecule has 0 bridgehead atoms. The van der Waals surface area contributed by atoms with Gasteiger partial charge >= 0.3 is 6.18 Å². The summed E-state index contributed by atoms with van der Waals surface area (Å²) in [6, 6.07) is 5.07. The van der Waals surface area contributed by atoms with Gasteiger partial charge in [0.15, 0.2) is 9.84 Å². The van der Waals surface area contributed by atoms with Crippen molar-refractivity contribution < 1.29 is 21.6 Å². The molecule has 1 aromatic carbocycles. The van der Waals surface area contributed by atoms with Crippen LogP contribution in [0.25, 0.3) is 0 Å². The third kappa shape index (κ3) is 4.94. The molecule has 0 spiro atoms. The van der Waals surface area contributed by atoms with Crippen LogP contribution >= 0.6 is 0 Å². The van der Waals surface area contributed by atoms with Gasteiger partial charge < -0.3 is 5.32 Å². The van der Waals surface area contributed by atoms with E-state index in [0.29, 0.717) is 13.0 Å². The number of nitrogens with one attached hydrogen (secondary N) is 1. The lowest BCUT2D eigenvalue weighted by Gasteiger charge is -2.30. The summed E-state index contributed by atoms with van der Waals surface area (Å²) < 4.78 is 61.1. The molecule has 1 aliphatic heterocycles. The summed E-state index contributed by atoms with van der Waals surface area (Å²) in [6.45, 7) is 4.37. The van der Waals surface area contributed by atoms with Gasteiger partial charge in [0.05, 0.1) is 17.1 Å². The Hall–Kier alpha value is -1.08. The molecule has 3 nitrogen and oxygen atoms in total. The minimum absolute atomic E-state index is 0.0810. The summed E-state index contributed by atoms with van der Waals surface area (Å²) in [6.07, 6.45) is -2.87. The van der Waals surface area contributed by atoms with E-state index >= 15 is 0 Å². The highest BCUT2D eigenvalue weighted by molar-refractivity contribution is 7.91. The predicted octanol–water partition coefficient (Wildman–Crippen LogP) is 3.15. The molecule has 130 valence electrons. The fourth-order valence-electron chi connectivity index (χ4n) is 2.80. The number of benzene rings is 1. The van der Waals surface area contributed by atoms with Crippen LogP contribution in [0.4, 0.5) is 13.2 Å². The van der Waals surface area contributed by atoms with E-state index in [4.69, 9.17) is 0 Å². The Balaban J connectivity index is 2.01. The molecule has 1 heterocycles. The highest BCUT2D eigenvalue weighted by Crippen LogP contribution is 2.31. The highest BCUT2D eigenvalue weighted by Gasteiger charge is 2.31. The number of sulfone groups is 1. The van der Waals surface area contributed by atoms with Gasteiger partial charge in [-0.05, 0) is 30.5 Å². The Morgan fingerprint density at radius 2 is 1.70 bits per heavy atom. The van der Waals surface area contributed by atoms with Gasteiger partial charge in [0.25, 0.3) is 0 Å². The topological polar surface area (TPSA) is 46.2 Å². The van der Waals surface area contributed by atoms with E-state index in [2.05, 4.69) is 5.32 Å². The van der Waals surface area contributed by atoms with Crippen molar-refractivity contribution in [2.24, 2.45) is 0 Å². The minimum atomic E-state index is -4.34. The molecular weight excluding hydrogens is 327 g/mol. The Kier molecular flexibility index (Phi) is 5.11. The van der Waals surface area contributed by atoms with Crippen LogP contribution in [-0.2, 0) is 21.4 Å². The van der Waals surface area contributed by atoms with Crippen molar-refractivity contribution in [3.05, 3.63) is 35.4 Å². The second-order valence-electron chi connectivity index (χ2n) is 6.79. The van der Waals surface area contributed by atoms with E-state index in [1.165, 1.54) is 12.1 Å². The van der Waals surface area contributed by atoms with Gasteiger partial charge in [0, 0.05) is 18.0 Å². The van der Waals surface area contributed by atoms with Crippen LogP contribution < -0.4 is 5.32 Å². The summed E-state index contributed by atoms with van der Waals surface area (Å²) in [5.74, 6) is 0.379. The van der Waals surface area contributed by atoms with Crippen LogP contribution in [0.2, 0.25) is 0 Å². The third-order valence-electron chi connectivity index (χ3n) is 4.29. The summed E-state index contributed by atoms with van der Waals surface area (Å²) >= 11 is 0. The number of alkyl halides is 3. The first-order valence-electron chi connectivity index (χ1n) is 7.61. The first-order chi connectivity index (χ1) is 10.5. The minimum Gasteiger partial charge on any atom is -0.312 e. The maximum Gasteiger partial charge on any atom is 0.416 e. The lowest BCUT2D eigenvalue weighted by atomic mass is 9.84. The summed E-state index contributed by atoms with van der Waals surface area (Å²) in [7, 11) is -2.97. The first kappa shape index (κ1) is 18.3. The van der Waals surface area contributed by atoms with Crippen molar-refractivity contribution in [2.75, 3.05) is 18.1 Å². The van der Waals surface area contributed by atoms with Crippen molar-refractivity contribution >= 4 is 9.84 Å². The molecule has 1 fully saturated rings. The van der Waals surface area contributed by atoms with Gasteiger partial charge in [-0.15, -0.1) is 0 Å². The van der Waals surface area contributed by atoms with Gasteiger partial charge in [-0.1, -0.05) is 26.0 Å². The molecule has 0 radical (unpaired) electrons. The second kappa shape index (κ2) is 6.43. The zero-order valence-electron chi connectivity index (χ0n) is 13.3. The molecule has 0 aromatic heterocycles. The van der Waals surface area contributed by atoms with E-state index in [0.717, 1.165) is 24.1 Å². The quantitative estimate of drug-likeness (QED) is 0.908. The first-order valence-corrected chi connectivity index (χ1v) is 9.43. The lowest BCUT2D eigenvalue weighted by Crippen LogP contribution is -2.45. The molecule has 0 amide bonds. The lowest BCUT2D eigenvalue weighted by molar-refractivity contribution is -0.137. The Morgan fingerprint density at radius 3 is 2.22 bits per heavy atom. The molecule has 2 rings (SSSR count). The summed E-state index contributed by atoms with van der Waals surface area (Å²) in [5.41, 5.74) is -0.259. The van der Waals surface area contributed by atoms with Gasteiger partial charge in [-0.3, -0.25) is 0 Å². The van der Waals surface area contributed by atoms with Crippen LogP contribution in [0, 0.1) is 0 Å². The van der Waals surface area contributed by atoms with Gasteiger partial charge in [-0.2, -0.15) is 13.2 Å². The second-order valence-corrected chi connectivity index (χ2v) is 9.02. The molecule has 0 aliphatic carbocycles. The maximum atomic E-state index is 12.6. The molecule has 1 atom stereocenters. The molecular formula is C16H22F3NO2S. The monoisotopic (exact) mass is 349 g/mol. The standard InChI is InChI=1S/C16H22F3NO2S/c1-15(2,11-20-14-4-3-9-23(21,22)10-14)12-5-7-13(8-6-12)16(17,18)19/h5-8,14,20H,3-4,9-11H2,1-2H3. The summed E-state index contributed by atoms with van der Waals surface area (Å²) in [4.78, 5) is 0. The van der Waals surface area contributed by atoms with E-state index in [1.807, 2.05) is 13.8 Å². The number of hydrogen-bond acceptors (Lipinski definition) is 3. The molecule has 1 aromatic rings. The van der Waals surface area contributed by atoms with E-state index in [-0.39, 0.29) is 23.0 Å². The molecule has 1 unspecified atom stereocenters. The predicted molar refractivity (Wildman–Crippen MR) is 84.1 cm³/mol. The largest absolute Gasteiger partial charge is 0.416 e. The van der Waals surface area contributed by atoms with Crippen molar-refractivity contribution in [1.29, 1.82) is 0 Å². The van der Waals surface area contributed by atoms with Crippen LogP contribution in [0.5, 0.6) is 0 Å². The molecule has 23 heavy (non-hydrogen) atoms. The van der Waals surface area contributed by atoms with E-state index < -0.39 is 21.6 Å². The van der Waals surface area contributed by atoms with E-state index in [9.17, 15) is 21.6 Å². The number of halogens is 3. The van der Waals surface area contributed by atoms with Gasteiger partial charge in [0.1, 0.15) is 0 Å². The smallest absolute Gasteiger partial charge is 0.312 e. The van der Waals surface area contributed by atoms with E-state index in [1.54, 1.807) is 0 Å². The van der Waals surface area contributed by atoms with Crippen LogP contribution in [0.1, 0.15) is 37.8 Å². The fourth-order valence-corrected chi connectivity index (χ4v) is 4.47. The number of rotatable bonds is 4. The van der Waals surface area contributed by atoms with Gasteiger partial charge in [-0.25, -0.2) is 8.42 Å². The molecule has 7 heteroatoms. The van der Waals surface area contributed by atoms with Crippen LogP contribution in [-0.4, -0.2) is 32.5 Å². The van der Waals surface area contributed by atoms with Crippen molar-refractivity contribution in [1.82, 2.24) is 5.32 Å². The van der Waals surface area contributed by atoms with Gasteiger partial charge in [0.2, 0.25) is 0 Å². The molecule has 1 aliphatic rings. The maximum absolute atomic E-state index is 12.6. The third-order valence-corrected chi connectivity index (χ3v) is 6.11. The highest BCUT2D eigenvalue weighted by atomic mass is 32.2. The molecule has 1 N–H and O–H groups in total. The molecule has 0 saturated carbocycles. The fraction of sp³-hybridized carbons (Fsp3) is 0.625. The SMILES string of the molecule is CC(C)(CNC1CCCS(=O)(=O)C1)c1ccc(C(F)(F)F)cc1. The number of hydrogen-bond donors (Lipinski definition) is 1. The van der Waals surface area contributed by atoms with Crippen molar-refractivity contribution in [3.8, 4) is 0 Å². The average Bonchev–Trinajstić information content (AvgIpc) is 2.43. The van der Waals surface area contributed by atoms with Crippen molar-refractivity contribution in [2.45, 2.75) is 44.3 Å². The average molecular weight is 349 g/mol. The normalized spacial score (nSPS) is 22.0. The Bertz CT molecular complexity index is 636. The zero-order valence-corrected chi connectivity index (χ0v) is 14.1. The summed E-state index contributed by atoms with van der Waals surface area (Å²) in [5, 5.41) is 3.26. The Morgan fingerprint density at radius 1 is 1.13 bits per heavy atom.